The average molecular weight is 385 g/mol. The van der Waals surface area contributed by atoms with Gasteiger partial charge in [-0.05, 0) is 17.4 Å². The van der Waals surface area contributed by atoms with Gasteiger partial charge < -0.3 is 15.4 Å². The highest BCUT2D eigenvalue weighted by atomic mass is 31.0. The van der Waals surface area contributed by atoms with Crippen LogP contribution in [-0.4, -0.2) is 64.0 Å². The number of rotatable bonds is 6. The zero-order chi connectivity index (χ0) is 18.6. The van der Waals surface area contributed by atoms with Crippen molar-refractivity contribution in [1.29, 1.82) is 0 Å². The fraction of sp³-hybridized carbons (Fsp3) is 0.389. The van der Waals surface area contributed by atoms with Crippen LogP contribution in [0.3, 0.4) is 0 Å². The molecule has 1 aromatic carbocycles. The van der Waals surface area contributed by atoms with Crippen molar-refractivity contribution in [3.8, 4) is 0 Å². The van der Waals surface area contributed by atoms with E-state index in [-0.39, 0.29) is 0 Å². The SMILES string of the molecule is Cn1ncc2c(Nc3cccc(P)c3)nc(NCCN3CCOCC3)nc21. The highest BCUT2D eigenvalue weighted by molar-refractivity contribution is 7.27. The molecule has 27 heavy (non-hydrogen) atoms. The molecule has 8 nitrogen and oxygen atoms in total. The lowest BCUT2D eigenvalue weighted by Gasteiger charge is -2.26. The number of aromatic nitrogens is 4. The third-order valence-electron chi connectivity index (χ3n) is 4.56. The monoisotopic (exact) mass is 385 g/mol. The maximum atomic E-state index is 5.39. The van der Waals surface area contributed by atoms with Gasteiger partial charge in [0.15, 0.2) is 5.65 Å². The molecule has 4 rings (SSSR count). The molecule has 1 fully saturated rings. The van der Waals surface area contributed by atoms with Gasteiger partial charge in [-0.25, -0.2) is 0 Å². The zero-order valence-corrected chi connectivity index (χ0v) is 16.5. The summed E-state index contributed by atoms with van der Waals surface area (Å²) in [5.74, 6) is 1.35. The number of fused-ring (bicyclic) bond motifs is 1. The second-order valence-corrected chi connectivity index (χ2v) is 7.20. The van der Waals surface area contributed by atoms with E-state index < -0.39 is 0 Å². The molecular formula is C18H24N7OP. The van der Waals surface area contributed by atoms with E-state index in [4.69, 9.17) is 4.74 Å². The van der Waals surface area contributed by atoms with Gasteiger partial charge in [-0.1, -0.05) is 12.1 Å². The van der Waals surface area contributed by atoms with E-state index in [1.54, 1.807) is 10.9 Å². The first-order valence-electron chi connectivity index (χ1n) is 9.05. The van der Waals surface area contributed by atoms with Gasteiger partial charge in [0.2, 0.25) is 5.95 Å². The fourth-order valence-corrected chi connectivity index (χ4v) is 3.39. The van der Waals surface area contributed by atoms with Crippen LogP contribution in [0.15, 0.2) is 30.5 Å². The number of morpholine rings is 1. The molecule has 0 saturated carbocycles. The lowest BCUT2D eigenvalue weighted by Crippen LogP contribution is -2.39. The third-order valence-corrected chi connectivity index (χ3v) is 4.92. The molecule has 1 saturated heterocycles. The Hall–Kier alpha value is -2.28. The lowest BCUT2D eigenvalue weighted by atomic mass is 10.3. The normalized spacial score (nSPS) is 15.2. The van der Waals surface area contributed by atoms with E-state index in [9.17, 15) is 0 Å². The van der Waals surface area contributed by atoms with Crippen molar-refractivity contribution in [3.63, 3.8) is 0 Å². The van der Waals surface area contributed by atoms with Crippen molar-refractivity contribution < 1.29 is 4.74 Å². The first kappa shape index (κ1) is 18.1. The maximum absolute atomic E-state index is 5.39. The molecule has 0 radical (unpaired) electrons. The minimum absolute atomic E-state index is 0.601. The van der Waals surface area contributed by atoms with E-state index in [0.717, 1.165) is 67.2 Å². The Morgan fingerprint density at radius 1 is 1.22 bits per heavy atom. The minimum atomic E-state index is 0.601. The minimum Gasteiger partial charge on any atom is -0.379 e. The van der Waals surface area contributed by atoms with Crippen LogP contribution in [0.2, 0.25) is 0 Å². The summed E-state index contributed by atoms with van der Waals surface area (Å²) in [5.41, 5.74) is 1.77. The number of benzene rings is 1. The summed E-state index contributed by atoms with van der Waals surface area (Å²) in [6.07, 6.45) is 1.79. The summed E-state index contributed by atoms with van der Waals surface area (Å²) in [7, 11) is 4.60. The predicted molar refractivity (Wildman–Crippen MR) is 111 cm³/mol. The molecule has 1 unspecified atom stereocenters. The first-order chi connectivity index (χ1) is 13.2. The first-order valence-corrected chi connectivity index (χ1v) is 9.63. The van der Waals surface area contributed by atoms with Crippen molar-refractivity contribution in [2.24, 2.45) is 7.05 Å². The molecule has 1 aliphatic rings. The Morgan fingerprint density at radius 3 is 2.89 bits per heavy atom. The Balaban J connectivity index is 1.53. The Bertz CT molecular complexity index is 923. The van der Waals surface area contributed by atoms with Crippen LogP contribution in [0.1, 0.15) is 0 Å². The van der Waals surface area contributed by atoms with Crippen LogP contribution in [0, 0.1) is 0 Å². The predicted octanol–water partition coefficient (Wildman–Crippen LogP) is 1.35. The lowest BCUT2D eigenvalue weighted by molar-refractivity contribution is 0.0398. The highest BCUT2D eigenvalue weighted by Gasteiger charge is 2.13. The molecule has 2 N–H and O–H groups in total. The second kappa shape index (κ2) is 8.17. The largest absolute Gasteiger partial charge is 0.379 e. The van der Waals surface area contributed by atoms with Crippen LogP contribution < -0.4 is 15.9 Å². The molecular weight excluding hydrogens is 361 g/mol. The van der Waals surface area contributed by atoms with Gasteiger partial charge in [0.1, 0.15) is 5.82 Å². The summed E-state index contributed by atoms with van der Waals surface area (Å²) in [5, 5.41) is 13.1. The number of ether oxygens (including phenoxy) is 1. The quantitative estimate of drug-likeness (QED) is 0.620. The van der Waals surface area contributed by atoms with Crippen molar-refractivity contribution >= 4 is 43.0 Å². The zero-order valence-electron chi connectivity index (χ0n) is 15.4. The standard InChI is InChI=1S/C18H24N7OP/c1-24-17-15(12-20-24)16(21-13-3-2-4-14(27)11-13)22-18(23-17)19-5-6-25-7-9-26-10-8-25/h2-4,11-12H,5-10,27H2,1H3,(H2,19,21,22,23). The molecule has 0 bridgehead atoms. The van der Waals surface area contributed by atoms with Crippen molar-refractivity contribution in [1.82, 2.24) is 24.6 Å². The van der Waals surface area contributed by atoms with Gasteiger partial charge in [-0.2, -0.15) is 15.1 Å². The molecule has 1 atom stereocenters. The molecule has 9 heteroatoms. The van der Waals surface area contributed by atoms with E-state index in [2.05, 4.69) is 45.9 Å². The van der Waals surface area contributed by atoms with E-state index in [1.165, 1.54) is 0 Å². The molecule has 2 aromatic heterocycles. The van der Waals surface area contributed by atoms with Crippen LogP contribution in [0.25, 0.3) is 11.0 Å². The second-order valence-electron chi connectivity index (χ2n) is 6.53. The maximum Gasteiger partial charge on any atom is 0.226 e. The van der Waals surface area contributed by atoms with Crippen molar-refractivity contribution in [2.75, 3.05) is 50.0 Å². The number of nitrogens with zero attached hydrogens (tertiary/aromatic N) is 5. The summed E-state index contributed by atoms with van der Waals surface area (Å²) < 4.78 is 7.16. The van der Waals surface area contributed by atoms with Gasteiger partial charge in [0.05, 0.1) is 24.8 Å². The van der Waals surface area contributed by atoms with Crippen LogP contribution >= 0.6 is 9.24 Å². The topological polar surface area (TPSA) is 80.1 Å². The average Bonchev–Trinajstić information content (AvgIpc) is 3.04. The molecule has 142 valence electrons. The van der Waals surface area contributed by atoms with Crippen LogP contribution in [0.5, 0.6) is 0 Å². The van der Waals surface area contributed by atoms with Gasteiger partial charge in [-0.3, -0.25) is 9.58 Å². The van der Waals surface area contributed by atoms with Crippen molar-refractivity contribution in [3.05, 3.63) is 30.5 Å². The summed E-state index contributed by atoms with van der Waals surface area (Å²) in [4.78, 5) is 11.7. The third kappa shape index (κ3) is 4.35. The van der Waals surface area contributed by atoms with Crippen LogP contribution in [-0.2, 0) is 11.8 Å². The van der Waals surface area contributed by atoms with Gasteiger partial charge >= 0.3 is 0 Å². The number of hydrogen-bond acceptors (Lipinski definition) is 7. The number of anilines is 3. The van der Waals surface area contributed by atoms with E-state index in [1.807, 2.05) is 25.2 Å². The van der Waals surface area contributed by atoms with Gasteiger partial charge in [0, 0.05) is 38.9 Å². The molecule has 3 heterocycles. The summed E-state index contributed by atoms with van der Waals surface area (Å²) in [6.45, 7) is 5.28. The van der Waals surface area contributed by atoms with Gasteiger partial charge in [-0.15, -0.1) is 9.24 Å². The summed E-state index contributed by atoms with van der Waals surface area (Å²) in [6, 6.07) is 8.12. The molecule has 1 aliphatic heterocycles. The van der Waals surface area contributed by atoms with Crippen molar-refractivity contribution in [2.45, 2.75) is 0 Å². The smallest absolute Gasteiger partial charge is 0.226 e. The number of hydrogen-bond donors (Lipinski definition) is 2. The molecule has 3 aromatic rings. The molecule has 0 aliphatic carbocycles. The Kier molecular flexibility index (Phi) is 5.48. The molecule has 0 amide bonds. The van der Waals surface area contributed by atoms with Gasteiger partial charge in [0.25, 0.3) is 0 Å². The summed E-state index contributed by atoms with van der Waals surface area (Å²) >= 11 is 0. The van der Waals surface area contributed by atoms with E-state index >= 15 is 0 Å². The Morgan fingerprint density at radius 2 is 2.07 bits per heavy atom. The highest BCUT2D eigenvalue weighted by Crippen LogP contribution is 2.24. The Labute approximate surface area is 160 Å². The fourth-order valence-electron chi connectivity index (χ4n) is 3.10. The number of nitrogens with one attached hydrogen (secondary N) is 2. The van der Waals surface area contributed by atoms with Crippen LogP contribution in [0.4, 0.5) is 17.5 Å². The molecule has 0 spiro atoms. The number of aryl methyl sites for hydroxylation is 1. The van der Waals surface area contributed by atoms with E-state index in [0.29, 0.717) is 5.95 Å².